The molecule has 0 radical (unpaired) electrons. The van der Waals surface area contributed by atoms with Gasteiger partial charge in [-0.15, -0.1) is 0 Å². The third kappa shape index (κ3) is 5.81. The standard InChI is InChI=1S/C22H36O5/c1-15-8-6-9-16(20(23)25-4)10-7-11-18(21(24)26-5)19-14-17(13-12-15)22(2,3)27-19/h8,16-19H,6-7,9-14H2,1-5H3/b15-8-/t16-,17+,18-,19+/m0/s1. The number of carbonyl (C=O) groups excluding carboxylic acids is 2. The Balaban J connectivity index is 2.20. The highest BCUT2D eigenvalue weighted by molar-refractivity contribution is 5.73. The second kappa shape index (κ2) is 9.72. The molecule has 2 aliphatic rings. The molecule has 0 aromatic rings. The molecular weight excluding hydrogens is 344 g/mol. The van der Waals surface area contributed by atoms with Gasteiger partial charge < -0.3 is 14.2 Å². The van der Waals surface area contributed by atoms with Crippen molar-refractivity contribution >= 4 is 11.9 Å². The average molecular weight is 381 g/mol. The number of ether oxygens (including phenoxy) is 3. The molecule has 0 aromatic heterocycles. The van der Waals surface area contributed by atoms with Crippen LogP contribution in [0.15, 0.2) is 11.6 Å². The molecule has 1 fully saturated rings. The van der Waals surface area contributed by atoms with Gasteiger partial charge in [0, 0.05) is 0 Å². The molecule has 1 heterocycles. The lowest BCUT2D eigenvalue weighted by Gasteiger charge is -2.27. The number of fused-ring (bicyclic) bond motifs is 2. The summed E-state index contributed by atoms with van der Waals surface area (Å²) in [5, 5.41) is 0. The van der Waals surface area contributed by atoms with Crippen LogP contribution in [0.5, 0.6) is 0 Å². The van der Waals surface area contributed by atoms with Gasteiger partial charge in [-0.1, -0.05) is 18.1 Å². The maximum Gasteiger partial charge on any atom is 0.311 e. The van der Waals surface area contributed by atoms with Gasteiger partial charge in [-0.25, -0.2) is 0 Å². The zero-order chi connectivity index (χ0) is 20.0. The van der Waals surface area contributed by atoms with Crippen molar-refractivity contribution in [2.24, 2.45) is 17.8 Å². The molecule has 0 unspecified atom stereocenters. The van der Waals surface area contributed by atoms with Crippen molar-refractivity contribution in [3.63, 3.8) is 0 Å². The minimum Gasteiger partial charge on any atom is -0.469 e. The number of methoxy groups -OCH3 is 2. The van der Waals surface area contributed by atoms with Gasteiger partial charge in [-0.3, -0.25) is 9.59 Å². The van der Waals surface area contributed by atoms with Gasteiger partial charge in [0.25, 0.3) is 0 Å². The quantitative estimate of drug-likeness (QED) is 0.523. The van der Waals surface area contributed by atoms with Crippen LogP contribution in [0.4, 0.5) is 0 Å². The summed E-state index contributed by atoms with van der Waals surface area (Å²) < 4.78 is 16.4. The summed E-state index contributed by atoms with van der Waals surface area (Å²) in [6.07, 6.45) is 9.00. The van der Waals surface area contributed by atoms with Gasteiger partial charge in [-0.05, 0) is 71.6 Å². The predicted octanol–water partition coefficient (Wildman–Crippen LogP) is 4.44. The first kappa shape index (κ1) is 21.9. The first-order valence-electron chi connectivity index (χ1n) is 10.3. The summed E-state index contributed by atoms with van der Waals surface area (Å²) in [5.74, 6) is -0.301. The highest BCUT2D eigenvalue weighted by Gasteiger charge is 2.46. The number of allylic oxidation sites excluding steroid dienone is 2. The Bertz CT molecular complexity index is 551. The number of carbonyl (C=O) groups is 2. The Morgan fingerprint density at radius 3 is 2.44 bits per heavy atom. The van der Waals surface area contributed by atoms with E-state index >= 15 is 0 Å². The predicted molar refractivity (Wildman–Crippen MR) is 104 cm³/mol. The lowest BCUT2D eigenvalue weighted by Crippen LogP contribution is -2.32. The van der Waals surface area contributed by atoms with Crippen LogP contribution in [0, 0.1) is 17.8 Å². The van der Waals surface area contributed by atoms with Crippen LogP contribution in [0.2, 0.25) is 0 Å². The van der Waals surface area contributed by atoms with Crippen LogP contribution in [-0.4, -0.2) is 37.9 Å². The van der Waals surface area contributed by atoms with Crippen molar-refractivity contribution in [1.29, 1.82) is 0 Å². The second-order valence-electron chi connectivity index (χ2n) is 8.64. The lowest BCUT2D eigenvalue weighted by atomic mass is 9.82. The van der Waals surface area contributed by atoms with E-state index in [4.69, 9.17) is 14.2 Å². The van der Waals surface area contributed by atoms with Crippen LogP contribution < -0.4 is 0 Å². The number of hydrogen-bond donors (Lipinski definition) is 0. The lowest BCUT2D eigenvalue weighted by molar-refractivity contribution is -0.153. The Morgan fingerprint density at radius 1 is 1.07 bits per heavy atom. The molecule has 4 atom stereocenters. The summed E-state index contributed by atoms with van der Waals surface area (Å²) in [4.78, 5) is 24.5. The van der Waals surface area contributed by atoms with Gasteiger partial charge in [0.2, 0.25) is 0 Å². The zero-order valence-corrected chi connectivity index (χ0v) is 17.6. The molecule has 154 valence electrons. The van der Waals surface area contributed by atoms with Gasteiger partial charge >= 0.3 is 11.9 Å². The first-order chi connectivity index (χ1) is 12.8. The molecule has 1 saturated heterocycles. The van der Waals surface area contributed by atoms with Crippen LogP contribution in [-0.2, 0) is 23.8 Å². The van der Waals surface area contributed by atoms with Crippen molar-refractivity contribution in [3.05, 3.63) is 11.6 Å². The molecule has 2 bridgehead atoms. The van der Waals surface area contributed by atoms with Crippen LogP contribution in [0.25, 0.3) is 0 Å². The molecule has 2 rings (SSSR count). The van der Waals surface area contributed by atoms with Crippen molar-refractivity contribution < 1.29 is 23.8 Å². The normalized spacial score (nSPS) is 34.0. The van der Waals surface area contributed by atoms with Crippen molar-refractivity contribution in [2.75, 3.05) is 14.2 Å². The maximum absolute atomic E-state index is 12.4. The van der Waals surface area contributed by atoms with E-state index in [0.29, 0.717) is 12.3 Å². The largest absolute Gasteiger partial charge is 0.469 e. The SMILES string of the molecule is COC(=O)[C@H]1CC/C=C(/C)CC[C@@H]2C[C@@H](OC2(C)C)[C@@H](C(=O)OC)CCC1. The highest BCUT2D eigenvalue weighted by atomic mass is 16.5. The van der Waals surface area contributed by atoms with Gasteiger partial charge in [-0.2, -0.15) is 0 Å². The summed E-state index contributed by atoms with van der Waals surface area (Å²) >= 11 is 0. The van der Waals surface area contributed by atoms with E-state index < -0.39 is 0 Å². The minimum atomic E-state index is -0.267. The van der Waals surface area contributed by atoms with E-state index in [2.05, 4.69) is 26.8 Å². The number of esters is 2. The maximum atomic E-state index is 12.4. The summed E-state index contributed by atoms with van der Waals surface area (Å²) in [6, 6.07) is 0. The van der Waals surface area contributed by atoms with E-state index in [1.807, 2.05) is 0 Å². The summed E-state index contributed by atoms with van der Waals surface area (Å²) in [7, 11) is 2.89. The fraction of sp³-hybridized carbons (Fsp3) is 0.818. The Labute approximate surface area is 163 Å². The van der Waals surface area contributed by atoms with Crippen molar-refractivity contribution in [3.8, 4) is 0 Å². The highest BCUT2D eigenvalue weighted by Crippen LogP contribution is 2.43. The Kier molecular flexibility index (Phi) is 7.90. The minimum absolute atomic E-state index is 0.110. The average Bonchev–Trinajstić information content (AvgIpc) is 2.94. The molecule has 1 aliphatic heterocycles. The van der Waals surface area contributed by atoms with E-state index in [1.54, 1.807) is 0 Å². The molecule has 0 saturated carbocycles. The molecule has 27 heavy (non-hydrogen) atoms. The fourth-order valence-electron chi connectivity index (χ4n) is 4.58. The molecule has 0 amide bonds. The monoisotopic (exact) mass is 380 g/mol. The summed E-state index contributed by atoms with van der Waals surface area (Å²) in [6.45, 7) is 6.43. The smallest absolute Gasteiger partial charge is 0.311 e. The molecule has 1 aliphatic carbocycles. The van der Waals surface area contributed by atoms with Gasteiger partial charge in [0.1, 0.15) is 0 Å². The molecule has 0 spiro atoms. The van der Waals surface area contributed by atoms with E-state index in [9.17, 15) is 9.59 Å². The van der Waals surface area contributed by atoms with E-state index in [1.165, 1.54) is 19.8 Å². The first-order valence-corrected chi connectivity index (χ1v) is 10.3. The number of hydrogen-bond acceptors (Lipinski definition) is 5. The van der Waals surface area contributed by atoms with Gasteiger partial charge in [0.15, 0.2) is 0 Å². The zero-order valence-electron chi connectivity index (χ0n) is 17.6. The van der Waals surface area contributed by atoms with E-state index in [-0.39, 0.29) is 35.5 Å². The molecule has 0 aromatic carbocycles. The van der Waals surface area contributed by atoms with Crippen molar-refractivity contribution in [2.45, 2.75) is 83.8 Å². The Morgan fingerprint density at radius 2 is 1.78 bits per heavy atom. The molecule has 0 N–H and O–H groups in total. The van der Waals surface area contributed by atoms with Gasteiger partial charge in [0.05, 0.1) is 37.8 Å². The van der Waals surface area contributed by atoms with E-state index in [0.717, 1.165) is 44.9 Å². The third-order valence-corrected chi connectivity index (χ3v) is 6.41. The van der Waals surface area contributed by atoms with Crippen LogP contribution in [0.3, 0.4) is 0 Å². The molecular formula is C22H36O5. The summed E-state index contributed by atoms with van der Waals surface area (Å²) in [5.41, 5.74) is 1.13. The Hall–Kier alpha value is -1.36. The number of rotatable bonds is 2. The van der Waals surface area contributed by atoms with Crippen LogP contribution in [0.1, 0.15) is 72.1 Å². The molecule has 5 nitrogen and oxygen atoms in total. The third-order valence-electron chi connectivity index (χ3n) is 6.41. The molecule has 5 heteroatoms. The topological polar surface area (TPSA) is 61.8 Å². The fourth-order valence-corrected chi connectivity index (χ4v) is 4.58. The van der Waals surface area contributed by atoms with Crippen LogP contribution >= 0.6 is 0 Å². The van der Waals surface area contributed by atoms with Crippen molar-refractivity contribution in [1.82, 2.24) is 0 Å². The second-order valence-corrected chi connectivity index (χ2v) is 8.64.